The quantitative estimate of drug-likeness (QED) is 0.901. The van der Waals surface area contributed by atoms with Crippen LogP contribution in [0.15, 0.2) is 18.2 Å². The van der Waals surface area contributed by atoms with Gasteiger partial charge in [0.15, 0.2) is 11.5 Å². The second kappa shape index (κ2) is 4.70. The van der Waals surface area contributed by atoms with E-state index in [1.807, 2.05) is 25.1 Å². The fourth-order valence-electron chi connectivity index (χ4n) is 2.01. The van der Waals surface area contributed by atoms with Gasteiger partial charge in [0.05, 0.1) is 0 Å². The fraction of sp³-hybridized carbons (Fsp3) is 0.214. The maximum absolute atomic E-state index is 8.93. The fourth-order valence-corrected chi connectivity index (χ4v) is 2.01. The zero-order valence-corrected chi connectivity index (χ0v) is 11.1. The first-order chi connectivity index (χ1) is 9.65. The molecule has 0 saturated carbocycles. The van der Waals surface area contributed by atoms with Crippen molar-refractivity contribution in [2.75, 3.05) is 12.1 Å². The van der Waals surface area contributed by atoms with Crippen molar-refractivity contribution < 1.29 is 9.47 Å². The summed E-state index contributed by atoms with van der Waals surface area (Å²) >= 11 is 0. The summed E-state index contributed by atoms with van der Waals surface area (Å²) in [7, 11) is 0. The van der Waals surface area contributed by atoms with E-state index in [0.717, 1.165) is 17.0 Å². The number of hydrogen-bond donors (Lipinski definition) is 1. The van der Waals surface area contributed by atoms with E-state index in [1.54, 1.807) is 13.0 Å². The molecule has 1 aromatic heterocycles. The molecule has 2 aromatic rings. The van der Waals surface area contributed by atoms with Crippen LogP contribution in [0.25, 0.3) is 0 Å². The van der Waals surface area contributed by atoms with Gasteiger partial charge in [-0.15, -0.1) is 0 Å². The van der Waals surface area contributed by atoms with Gasteiger partial charge in [-0.3, -0.25) is 0 Å². The van der Waals surface area contributed by atoms with Gasteiger partial charge < -0.3 is 14.8 Å². The van der Waals surface area contributed by atoms with Gasteiger partial charge in [0.2, 0.25) is 6.79 Å². The standard InChI is InChI=1S/C14H12N4O2/c1-8-3-12-13(20-7-19-12)5-11(8)18-14-4-10(6-15)16-9(2)17-14/h3-5H,7H2,1-2H3,(H,16,17,18). The molecule has 6 heteroatoms. The second-order valence-electron chi connectivity index (χ2n) is 4.44. The second-order valence-corrected chi connectivity index (χ2v) is 4.44. The molecule has 1 aromatic carbocycles. The third-order valence-electron chi connectivity index (χ3n) is 2.93. The van der Waals surface area contributed by atoms with E-state index in [0.29, 0.717) is 23.1 Å². The first-order valence-electron chi connectivity index (χ1n) is 6.09. The lowest BCUT2D eigenvalue weighted by Gasteiger charge is -2.10. The summed E-state index contributed by atoms with van der Waals surface area (Å²) in [6.45, 7) is 3.95. The molecule has 20 heavy (non-hydrogen) atoms. The monoisotopic (exact) mass is 268 g/mol. The molecule has 6 nitrogen and oxygen atoms in total. The molecule has 0 bridgehead atoms. The summed E-state index contributed by atoms with van der Waals surface area (Å²) in [4.78, 5) is 8.28. The molecule has 0 atom stereocenters. The number of nitriles is 1. The Labute approximate surface area is 116 Å². The number of aromatic nitrogens is 2. The highest BCUT2D eigenvalue weighted by molar-refractivity contribution is 5.66. The Bertz CT molecular complexity index is 722. The Balaban J connectivity index is 1.96. The van der Waals surface area contributed by atoms with Crippen molar-refractivity contribution in [3.05, 3.63) is 35.3 Å². The van der Waals surface area contributed by atoms with Gasteiger partial charge in [-0.2, -0.15) is 5.26 Å². The Morgan fingerprint density at radius 3 is 2.65 bits per heavy atom. The Hall–Kier alpha value is -2.81. The van der Waals surface area contributed by atoms with E-state index in [9.17, 15) is 0 Å². The van der Waals surface area contributed by atoms with Crippen molar-refractivity contribution in [3.8, 4) is 17.6 Å². The molecule has 3 rings (SSSR count). The number of anilines is 2. The maximum atomic E-state index is 8.93. The zero-order valence-electron chi connectivity index (χ0n) is 11.1. The molecular weight excluding hydrogens is 256 g/mol. The first kappa shape index (κ1) is 12.2. The molecule has 0 fully saturated rings. The van der Waals surface area contributed by atoms with E-state index in [1.165, 1.54) is 0 Å². The molecule has 0 saturated heterocycles. The topological polar surface area (TPSA) is 80.1 Å². The van der Waals surface area contributed by atoms with Gasteiger partial charge in [-0.1, -0.05) is 0 Å². The van der Waals surface area contributed by atoms with Crippen LogP contribution >= 0.6 is 0 Å². The lowest BCUT2D eigenvalue weighted by Crippen LogP contribution is -2.00. The molecule has 100 valence electrons. The minimum Gasteiger partial charge on any atom is -0.454 e. The van der Waals surface area contributed by atoms with Crippen LogP contribution in [-0.4, -0.2) is 16.8 Å². The number of hydrogen-bond acceptors (Lipinski definition) is 6. The SMILES string of the molecule is Cc1nc(C#N)cc(Nc2cc3c(cc2C)OCO3)n1. The van der Waals surface area contributed by atoms with Gasteiger partial charge in [0.1, 0.15) is 23.4 Å². The Morgan fingerprint density at radius 1 is 1.15 bits per heavy atom. The minimum atomic E-state index is 0.240. The average Bonchev–Trinajstić information content (AvgIpc) is 2.85. The van der Waals surface area contributed by atoms with Crippen molar-refractivity contribution in [1.29, 1.82) is 5.26 Å². The molecular formula is C14H12N4O2. The lowest BCUT2D eigenvalue weighted by molar-refractivity contribution is 0.174. The smallest absolute Gasteiger partial charge is 0.231 e. The maximum Gasteiger partial charge on any atom is 0.231 e. The van der Waals surface area contributed by atoms with Crippen molar-refractivity contribution in [1.82, 2.24) is 9.97 Å². The summed E-state index contributed by atoms with van der Waals surface area (Å²) < 4.78 is 10.7. The van der Waals surface area contributed by atoms with Gasteiger partial charge >= 0.3 is 0 Å². The highest BCUT2D eigenvalue weighted by Crippen LogP contribution is 2.37. The van der Waals surface area contributed by atoms with Crippen LogP contribution in [0, 0.1) is 25.2 Å². The van der Waals surface area contributed by atoms with Crippen molar-refractivity contribution >= 4 is 11.5 Å². The molecule has 0 amide bonds. The van der Waals surface area contributed by atoms with Gasteiger partial charge in [0.25, 0.3) is 0 Å². The predicted molar refractivity (Wildman–Crippen MR) is 72.1 cm³/mol. The van der Waals surface area contributed by atoms with Crippen LogP contribution in [0.5, 0.6) is 11.5 Å². The summed E-state index contributed by atoms with van der Waals surface area (Å²) in [5.74, 6) is 2.56. The number of benzene rings is 1. The third-order valence-corrected chi connectivity index (χ3v) is 2.93. The Kier molecular flexibility index (Phi) is 2.88. The van der Waals surface area contributed by atoms with E-state index < -0.39 is 0 Å². The summed E-state index contributed by atoms with van der Waals surface area (Å²) in [5, 5.41) is 12.1. The highest BCUT2D eigenvalue weighted by Gasteiger charge is 2.16. The van der Waals surface area contributed by atoms with E-state index in [4.69, 9.17) is 14.7 Å². The molecule has 0 unspecified atom stereocenters. The van der Waals surface area contributed by atoms with Gasteiger partial charge in [-0.05, 0) is 25.5 Å². The van der Waals surface area contributed by atoms with Crippen LogP contribution in [-0.2, 0) is 0 Å². The number of aryl methyl sites for hydroxylation is 2. The van der Waals surface area contributed by atoms with Crippen LogP contribution in [0.3, 0.4) is 0 Å². The summed E-state index contributed by atoms with van der Waals surface area (Å²) in [5.41, 5.74) is 2.19. The number of nitrogens with zero attached hydrogens (tertiary/aromatic N) is 3. The minimum absolute atomic E-state index is 0.240. The van der Waals surface area contributed by atoms with Gasteiger partial charge in [-0.25, -0.2) is 9.97 Å². The van der Waals surface area contributed by atoms with Crippen LogP contribution in [0.2, 0.25) is 0 Å². The van der Waals surface area contributed by atoms with Crippen molar-refractivity contribution in [2.24, 2.45) is 0 Å². The van der Waals surface area contributed by atoms with E-state index in [-0.39, 0.29) is 6.79 Å². The van der Waals surface area contributed by atoms with Crippen LogP contribution < -0.4 is 14.8 Å². The Morgan fingerprint density at radius 2 is 1.90 bits per heavy atom. The third kappa shape index (κ3) is 2.21. The van der Waals surface area contributed by atoms with Crippen molar-refractivity contribution in [2.45, 2.75) is 13.8 Å². The highest BCUT2D eigenvalue weighted by atomic mass is 16.7. The first-order valence-corrected chi connectivity index (χ1v) is 6.09. The molecule has 1 aliphatic heterocycles. The molecule has 0 spiro atoms. The average molecular weight is 268 g/mol. The van der Waals surface area contributed by atoms with E-state index in [2.05, 4.69) is 15.3 Å². The summed E-state index contributed by atoms with van der Waals surface area (Å²) in [6, 6.07) is 7.39. The largest absolute Gasteiger partial charge is 0.454 e. The summed E-state index contributed by atoms with van der Waals surface area (Å²) in [6.07, 6.45) is 0. The predicted octanol–water partition coefficient (Wildman–Crippen LogP) is 2.44. The number of ether oxygens (including phenoxy) is 2. The number of fused-ring (bicyclic) bond motifs is 1. The molecule has 1 aliphatic rings. The zero-order chi connectivity index (χ0) is 14.1. The molecule has 0 radical (unpaired) electrons. The van der Waals surface area contributed by atoms with E-state index >= 15 is 0 Å². The molecule has 1 N–H and O–H groups in total. The van der Waals surface area contributed by atoms with Crippen molar-refractivity contribution in [3.63, 3.8) is 0 Å². The normalized spacial score (nSPS) is 12.1. The van der Waals surface area contributed by atoms with Crippen LogP contribution in [0.1, 0.15) is 17.1 Å². The van der Waals surface area contributed by atoms with Gasteiger partial charge in [0, 0.05) is 17.8 Å². The lowest BCUT2D eigenvalue weighted by atomic mass is 10.1. The molecule has 0 aliphatic carbocycles. The molecule has 2 heterocycles. The van der Waals surface area contributed by atoms with Crippen LogP contribution in [0.4, 0.5) is 11.5 Å². The number of nitrogens with one attached hydrogen (secondary N) is 1. The number of rotatable bonds is 2.